The molecule has 1 heterocycles. The number of hydrogen-bond donors (Lipinski definition) is 3. The summed E-state index contributed by atoms with van der Waals surface area (Å²) in [5.41, 5.74) is 8.81. The molecule has 0 aliphatic carbocycles. The summed E-state index contributed by atoms with van der Waals surface area (Å²) in [6.45, 7) is 3.80. The Morgan fingerprint density at radius 3 is 2.63 bits per heavy atom. The van der Waals surface area contributed by atoms with E-state index in [0.29, 0.717) is 12.2 Å². The molecule has 100 valence electrons. The number of nitrogens with zero attached hydrogens (tertiary/aromatic N) is 1. The third-order valence-electron chi connectivity index (χ3n) is 3.13. The molecule has 2 rings (SSSR count). The molecule has 5 nitrogen and oxygen atoms in total. The Labute approximate surface area is 112 Å². The van der Waals surface area contributed by atoms with Gasteiger partial charge in [0.25, 0.3) is 0 Å². The first kappa shape index (κ1) is 13.3. The molecule has 2 aromatic rings. The maximum atomic E-state index is 12.0. The van der Waals surface area contributed by atoms with Gasteiger partial charge in [-0.05, 0) is 25.8 Å². The number of anilines is 1. The lowest BCUT2D eigenvalue weighted by molar-refractivity contribution is -0.117. The largest absolute Gasteiger partial charge is 0.320 e. The highest BCUT2D eigenvalue weighted by molar-refractivity contribution is 5.94. The van der Waals surface area contributed by atoms with Crippen molar-refractivity contribution in [3.05, 3.63) is 47.2 Å². The molecule has 1 amide bonds. The molecule has 0 aliphatic rings. The van der Waals surface area contributed by atoms with E-state index >= 15 is 0 Å². The lowest BCUT2D eigenvalue weighted by Crippen LogP contribution is -2.37. The molecule has 0 saturated carbocycles. The van der Waals surface area contributed by atoms with Crippen LogP contribution in [0.3, 0.4) is 0 Å². The van der Waals surface area contributed by atoms with Gasteiger partial charge in [-0.2, -0.15) is 5.10 Å². The Morgan fingerprint density at radius 1 is 1.37 bits per heavy atom. The quantitative estimate of drug-likeness (QED) is 0.777. The number of H-pyrrole nitrogens is 1. The SMILES string of the molecule is Cc1[nH]nc(NC(=O)C(N)Cc2ccccc2)c1C. The lowest BCUT2D eigenvalue weighted by Gasteiger charge is -2.11. The van der Waals surface area contributed by atoms with E-state index in [1.54, 1.807) is 0 Å². The Morgan fingerprint density at radius 2 is 2.05 bits per heavy atom. The summed E-state index contributed by atoms with van der Waals surface area (Å²) >= 11 is 0. The van der Waals surface area contributed by atoms with E-state index in [2.05, 4.69) is 15.5 Å². The summed E-state index contributed by atoms with van der Waals surface area (Å²) in [6.07, 6.45) is 0.509. The first-order valence-corrected chi connectivity index (χ1v) is 6.20. The van der Waals surface area contributed by atoms with Crippen LogP contribution in [-0.2, 0) is 11.2 Å². The van der Waals surface area contributed by atoms with Gasteiger partial charge in [0.1, 0.15) is 0 Å². The third-order valence-corrected chi connectivity index (χ3v) is 3.13. The topological polar surface area (TPSA) is 83.8 Å². The van der Waals surface area contributed by atoms with E-state index in [0.717, 1.165) is 16.8 Å². The van der Waals surface area contributed by atoms with Crippen LogP contribution >= 0.6 is 0 Å². The summed E-state index contributed by atoms with van der Waals surface area (Å²) < 4.78 is 0. The minimum absolute atomic E-state index is 0.224. The van der Waals surface area contributed by atoms with Crippen LogP contribution in [0.25, 0.3) is 0 Å². The van der Waals surface area contributed by atoms with Crippen molar-refractivity contribution in [2.24, 2.45) is 5.73 Å². The average molecular weight is 258 g/mol. The summed E-state index contributed by atoms with van der Waals surface area (Å²) in [5.74, 6) is 0.324. The third kappa shape index (κ3) is 3.20. The fraction of sp³-hybridized carbons (Fsp3) is 0.286. The Bertz CT molecular complexity index is 562. The summed E-state index contributed by atoms with van der Waals surface area (Å²) in [7, 11) is 0. The lowest BCUT2D eigenvalue weighted by atomic mass is 10.1. The second-order valence-corrected chi connectivity index (χ2v) is 4.61. The molecule has 0 radical (unpaired) electrons. The van der Waals surface area contributed by atoms with Gasteiger partial charge >= 0.3 is 0 Å². The van der Waals surface area contributed by atoms with Gasteiger partial charge in [-0.25, -0.2) is 0 Å². The monoisotopic (exact) mass is 258 g/mol. The fourth-order valence-electron chi connectivity index (χ4n) is 1.78. The predicted octanol–water partition coefficient (Wildman–Crippen LogP) is 1.54. The van der Waals surface area contributed by atoms with E-state index in [4.69, 9.17) is 5.73 Å². The van der Waals surface area contributed by atoms with Crippen molar-refractivity contribution in [2.75, 3.05) is 5.32 Å². The summed E-state index contributed by atoms with van der Waals surface area (Å²) in [4.78, 5) is 12.0. The van der Waals surface area contributed by atoms with Crippen LogP contribution in [0.4, 0.5) is 5.82 Å². The number of rotatable bonds is 4. The number of aromatic amines is 1. The fourth-order valence-corrected chi connectivity index (χ4v) is 1.78. The van der Waals surface area contributed by atoms with Crippen LogP contribution in [0.2, 0.25) is 0 Å². The molecule has 19 heavy (non-hydrogen) atoms. The van der Waals surface area contributed by atoms with Gasteiger partial charge in [-0.3, -0.25) is 9.89 Å². The number of nitrogens with one attached hydrogen (secondary N) is 2. The molecule has 0 aliphatic heterocycles. The van der Waals surface area contributed by atoms with Crippen molar-refractivity contribution in [2.45, 2.75) is 26.3 Å². The molecule has 0 saturated heterocycles. The predicted molar refractivity (Wildman–Crippen MR) is 74.8 cm³/mol. The molecule has 1 aromatic heterocycles. The number of carbonyl (C=O) groups excluding carboxylic acids is 1. The number of aryl methyl sites for hydroxylation is 1. The Hall–Kier alpha value is -2.14. The molecule has 1 unspecified atom stereocenters. The number of nitrogens with two attached hydrogens (primary N) is 1. The number of hydrogen-bond acceptors (Lipinski definition) is 3. The van der Waals surface area contributed by atoms with E-state index in [9.17, 15) is 4.79 Å². The van der Waals surface area contributed by atoms with Crippen molar-refractivity contribution in [3.63, 3.8) is 0 Å². The van der Waals surface area contributed by atoms with Crippen LogP contribution < -0.4 is 11.1 Å². The molecular weight excluding hydrogens is 240 g/mol. The van der Waals surface area contributed by atoms with Crippen LogP contribution in [0.5, 0.6) is 0 Å². The van der Waals surface area contributed by atoms with Crippen LogP contribution in [0.1, 0.15) is 16.8 Å². The number of aromatic nitrogens is 2. The van der Waals surface area contributed by atoms with Crippen molar-refractivity contribution in [1.82, 2.24) is 10.2 Å². The van der Waals surface area contributed by atoms with Gasteiger partial charge in [0, 0.05) is 11.3 Å². The average Bonchev–Trinajstić information content (AvgIpc) is 2.72. The highest BCUT2D eigenvalue weighted by atomic mass is 16.2. The molecular formula is C14H18N4O. The minimum Gasteiger partial charge on any atom is -0.320 e. The molecule has 5 heteroatoms. The van der Waals surface area contributed by atoms with Gasteiger partial charge in [0.05, 0.1) is 6.04 Å². The highest BCUT2D eigenvalue weighted by Crippen LogP contribution is 2.14. The van der Waals surface area contributed by atoms with Gasteiger partial charge < -0.3 is 11.1 Å². The van der Waals surface area contributed by atoms with E-state index < -0.39 is 6.04 Å². The second-order valence-electron chi connectivity index (χ2n) is 4.61. The zero-order chi connectivity index (χ0) is 13.8. The Balaban J connectivity index is 1.98. The number of amides is 1. The van der Waals surface area contributed by atoms with Crippen molar-refractivity contribution < 1.29 is 4.79 Å². The normalized spacial score (nSPS) is 12.2. The maximum absolute atomic E-state index is 12.0. The first-order valence-electron chi connectivity index (χ1n) is 6.20. The van der Waals surface area contributed by atoms with Gasteiger partial charge in [-0.1, -0.05) is 30.3 Å². The van der Waals surface area contributed by atoms with Crippen molar-refractivity contribution >= 4 is 11.7 Å². The van der Waals surface area contributed by atoms with Gasteiger partial charge in [0.15, 0.2) is 5.82 Å². The molecule has 0 fully saturated rings. The summed E-state index contributed by atoms with van der Waals surface area (Å²) in [5, 5.41) is 9.60. The zero-order valence-corrected chi connectivity index (χ0v) is 11.1. The first-order chi connectivity index (χ1) is 9.08. The molecule has 0 spiro atoms. The van der Waals surface area contributed by atoms with E-state index in [1.165, 1.54) is 0 Å². The standard InChI is InChI=1S/C14H18N4O/c1-9-10(2)17-18-13(9)16-14(19)12(15)8-11-6-4-3-5-7-11/h3-7,12H,8,15H2,1-2H3,(H2,16,17,18,19). The maximum Gasteiger partial charge on any atom is 0.242 e. The van der Waals surface area contributed by atoms with Crippen LogP contribution in [0.15, 0.2) is 30.3 Å². The van der Waals surface area contributed by atoms with Crippen LogP contribution in [-0.4, -0.2) is 22.1 Å². The summed E-state index contributed by atoms with van der Waals surface area (Å²) in [6, 6.07) is 9.13. The molecule has 1 atom stereocenters. The smallest absolute Gasteiger partial charge is 0.242 e. The molecule has 1 aromatic carbocycles. The zero-order valence-electron chi connectivity index (χ0n) is 11.1. The molecule has 0 bridgehead atoms. The van der Waals surface area contributed by atoms with Crippen molar-refractivity contribution in [1.29, 1.82) is 0 Å². The van der Waals surface area contributed by atoms with E-state index in [1.807, 2.05) is 44.2 Å². The molecule has 4 N–H and O–H groups in total. The van der Waals surface area contributed by atoms with E-state index in [-0.39, 0.29) is 5.91 Å². The highest BCUT2D eigenvalue weighted by Gasteiger charge is 2.16. The number of carbonyl (C=O) groups is 1. The minimum atomic E-state index is -0.584. The van der Waals surface area contributed by atoms with Gasteiger partial charge in [-0.15, -0.1) is 0 Å². The van der Waals surface area contributed by atoms with Crippen molar-refractivity contribution in [3.8, 4) is 0 Å². The van der Waals surface area contributed by atoms with Crippen LogP contribution in [0, 0.1) is 13.8 Å². The van der Waals surface area contributed by atoms with Gasteiger partial charge in [0.2, 0.25) is 5.91 Å². The Kier molecular flexibility index (Phi) is 3.97. The second kappa shape index (κ2) is 5.67. The number of benzene rings is 1.